The molecule has 2 heterocycles. The Morgan fingerprint density at radius 2 is 2.31 bits per heavy atom. The fourth-order valence-corrected chi connectivity index (χ4v) is 2.43. The number of nitrogens with one attached hydrogen (secondary N) is 1. The van der Waals surface area contributed by atoms with Gasteiger partial charge in [0.25, 0.3) is 0 Å². The maximum atomic E-state index is 5.88. The summed E-state index contributed by atoms with van der Waals surface area (Å²) >= 11 is 1.61. The minimum Gasteiger partial charge on any atom is -0.474 e. The molecule has 1 aliphatic rings. The Labute approximate surface area is 97.7 Å². The Morgan fingerprint density at radius 3 is 3.00 bits per heavy atom. The normalized spacial score (nSPS) is 16.1. The largest absolute Gasteiger partial charge is 0.474 e. The fourth-order valence-electron chi connectivity index (χ4n) is 1.68. The number of fused-ring (bicyclic) bond motifs is 1. The van der Waals surface area contributed by atoms with Crippen molar-refractivity contribution < 1.29 is 4.74 Å². The lowest BCUT2D eigenvalue weighted by Crippen LogP contribution is -2.25. The third kappa shape index (κ3) is 1.61. The number of aromatic nitrogens is 2. The first kappa shape index (κ1) is 9.84. The molecule has 0 atom stereocenters. The van der Waals surface area contributed by atoms with E-state index in [1.807, 2.05) is 18.5 Å². The summed E-state index contributed by atoms with van der Waals surface area (Å²) in [4.78, 5) is 9.74. The fraction of sp³-hybridized carbons (Fsp3) is 0.455. The van der Waals surface area contributed by atoms with Crippen LogP contribution in [0.4, 0.5) is 5.95 Å². The van der Waals surface area contributed by atoms with E-state index in [1.54, 1.807) is 11.3 Å². The average molecular weight is 235 g/mol. The van der Waals surface area contributed by atoms with Gasteiger partial charge in [0.05, 0.1) is 5.39 Å². The van der Waals surface area contributed by atoms with Gasteiger partial charge in [0.2, 0.25) is 11.8 Å². The van der Waals surface area contributed by atoms with Crippen LogP contribution in [0.25, 0.3) is 10.2 Å². The first-order valence-corrected chi connectivity index (χ1v) is 6.34. The summed E-state index contributed by atoms with van der Waals surface area (Å²) in [6, 6.07) is 2.02. The summed E-state index contributed by atoms with van der Waals surface area (Å²) in [5.74, 6) is 1.35. The quantitative estimate of drug-likeness (QED) is 0.888. The zero-order chi connectivity index (χ0) is 11.0. The van der Waals surface area contributed by atoms with Crippen LogP contribution in [0.2, 0.25) is 0 Å². The van der Waals surface area contributed by atoms with Crippen LogP contribution < -0.4 is 10.1 Å². The molecule has 0 spiro atoms. The van der Waals surface area contributed by atoms with E-state index in [2.05, 4.69) is 15.3 Å². The van der Waals surface area contributed by atoms with Crippen LogP contribution in [-0.4, -0.2) is 23.1 Å². The topological polar surface area (TPSA) is 47.0 Å². The molecule has 0 radical (unpaired) electrons. The van der Waals surface area contributed by atoms with Gasteiger partial charge in [-0.2, -0.15) is 4.98 Å². The second-order valence-corrected chi connectivity index (χ2v) is 4.81. The predicted octanol–water partition coefficient (Wildman–Crippen LogP) is 2.66. The molecule has 0 bridgehead atoms. The number of nitrogens with zero attached hydrogens (tertiary/aromatic N) is 2. The average Bonchev–Trinajstić information content (AvgIpc) is 2.70. The molecule has 4 nitrogen and oxygen atoms in total. The van der Waals surface area contributed by atoms with Crippen LogP contribution in [0.1, 0.15) is 19.3 Å². The highest BCUT2D eigenvalue weighted by atomic mass is 32.1. The van der Waals surface area contributed by atoms with Crippen LogP contribution in [0.15, 0.2) is 11.4 Å². The Balaban J connectivity index is 2.01. The standard InChI is InChI=1S/C11H13N3OS/c1-12-11-13-9(15-7-3-2-4-7)8-5-6-16-10(8)14-11/h5-7H,2-4H2,1H3,(H,12,13,14). The molecule has 2 aromatic rings. The maximum absolute atomic E-state index is 5.88. The second kappa shape index (κ2) is 3.90. The van der Waals surface area contributed by atoms with E-state index in [4.69, 9.17) is 4.74 Å². The Bertz CT molecular complexity index is 507. The van der Waals surface area contributed by atoms with Gasteiger partial charge in [-0.05, 0) is 30.7 Å². The number of rotatable bonds is 3. The highest BCUT2D eigenvalue weighted by Gasteiger charge is 2.21. The molecular weight excluding hydrogens is 222 g/mol. The van der Waals surface area contributed by atoms with Gasteiger partial charge in [-0.3, -0.25) is 0 Å². The molecule has 5 heteroatoms. The molecule has 0 aromatic carbocycles. The van der Waals surface area contributed by atoms with Gasteiger partial charge in [0.15, 0.2) is 0 Å². The number of anilines is 1. The molecule has 1 N–H and O–H groups in total. The maximum Gasteiger partial charge on any atom is 0.227 e. The van der Waals surface area contributed by atoms with Crippen LogP contribution in [0, 0.1) is 0 Å². The highest BCUT2D eigenvalue weighted by molar-refractivity contribution is 7.16. The third-order valence-electron chi connectivity index (χ3n) is 2.84. The van der Waals surface area contributed by atoms with E-state index in [-0.39, 0.29) is 0 Å². The van der Waals surface area contributed by atoms with Crippen molar-refractivity contribution in [1.29, 1.82) is 0 Å². The summed E-state index contributed by atoms with van der Waals surface area (Å²) in [6.07, 6.45) is 3.90. The van der Waals surface area contributed by atoms with Gasteiger partial charge in [-0.1, -0.05) is 0 Å². The molecule has 1 saturated carbocycles. The molecule has 0 unspecified atom stereocenters. The van der Waals surface area contributed by atoms with E-state index in [9.17, 15) is 0 Å². The summed E-state index contributed by atoms with van der Waals surface area (Å²) < 4.78 is 5.88. The minimum atomic E-state index is 0.350. The van der Waals surface area contributed by atoms with Crippen molar-refractivity contribution in [2.45, 2.75) is 25.4 Å². The lowest BCUT2D eigenvalue weighted by molar-refractivity contribution is 0.117. The Kier molecular flexibility index (Phi) is 2.40. The van der Waals surface area contributed by atoms with E-state index in [0.717, 1.165) is 28.9 Å². The summed E-state index contributed by atoms with van der Waals surface area (Å²) in [5.41, 5.74) is 0. The van der Waals surface area contributed by atoms with Crippen molar-refractivity contribution in [3.63, 3.8) is 0 Å². The van der Waals surface area contributed by atoms with Crippen LogP contribution in [0.3, 0.4) is 0 Å². The zero-order valence-electron chi connectivity index (χ0n) is 9.06. The number of thiophene rings is 1. The molecule has 0 amide bonds. The van der Waals surface area contributed by atoms with Crippen molar-refractivity contribution in [3.8, 4) is 5.88 Å². The minimum absolute atomic E-state index is 0.350. The lowest BCUT2D eigenvalue weighted by atomic mass is 9.96. The van der Waals surface area contributed by atoms with E-state index >= 15 is 0 Å². The van der Waals surface area contributed by atoms with Crippen molar-refractivity contribution in [2.75, 3.05) is 12.4 Å². The number of hydrogen-bond donors (Lipinski definition) is 1. The van der Waals surface area contributed by atoms with Crippen molar-refractivity contribution >= 4 is 27.5 Å². The molecule has 1 aliphatic carbocycles. The van der Waals surface area contributed by atoms with Gasteiger partial charge in [-0.15, -0.1) is 11.3 Å². The molecule has 84 valence electrons. The van der Waals surface area contributed by atoms with Crippen molar-refractivity contribution in [2.24, 2.45) is 0 Å². The molecule has 1 fully saturated rings. The van der Waals surface area contributed by atoms with Crippen molar-refractivity contribution in [1.82, 2.24) is 9.97 Å². The summed E-state index contributed by atoms with van der Waals surface area (Å²) in [5, 5.41) is 6.01. The first-order valence-electron chi connectivity index (χ1n) is 5.46. The molecular formula is C11H13N3OS. The second-order valence-electron chi connectivity index (χ2n) is 3.91. The summed E-state index contributed by atoms with van der Waals surface area (Å²) in [7, 11) is 1.82. The number of ether oxygens (including phenoxy) is 1. The van der Waals surface area contributed by atoms with Gasteiger partial charge < -0.3 is 10.1 Å². The SMILES string of the molecule is CNc1nc(OC2CCC2)c2ccsc2n1. The van der Waals surface area contributed by atoms with Gasteiger partial charge in [0, 0.05) is 7.05 Å². The predicted molar refractivity (Wildman–Crippen MR) is 65.2 cm³/mol. The van der Waals surface area contributed by atoms with Crippen molar-refractivity contribution in [3.05, 3.63) is 11.4 Å². The van der Waals surface area contributed by atoms with Gasteiger partial charge in [-0.25, -0.2) is 4.98 Å². The van der Waals surface area contributed by atoms with Crippen LogP contribution in [0.5, 0.6) is 5.88 Å². The molecule has 0 saturated heterocycles. The monoisotopic (exact) mass is 235 g/mol. The van der Waals surface area contributed by atoms with E-state index < -0.39 is 0 Å². The van der Waals surface area contributed by atoms with Crippen LogP contribution >= 0.6 is 11.3 Å². The zero-order valence-corrected chi connectivity index (χ0v) is 9.88. The Hall–Kier alpha value is -1.36. The molecule has 16 heavy (non-hydrogen) atoms. The molecule has 0 aliphatic heterocycles. The highest BCUT2D eigenvalue weighted by Crippen LogP contribution is 2.31. The van der Waals surface area contributed by atoms with E-state index in [1.165, 1.54) is 6.42 Å². The molecule has 2 aromatic heterocycles. The first-order chi connectivity index (χ1) is 7.86. The smallest absolute Gasteiger partial charge is 0.227 e. The van der Waals surface area contributed by atoms with Gasteiger partial charge >= 0.3 is 0 Å². The lowest BCUT2D eigenvalue weighted by Gasteiger charge is -2.26. The Morgan fingerprint density at radius 1 is 1.44 bits per heavy atom. The summed E-state index contributed by atoms with van der Waals surface area (Å²) in [6.45, 7) is 0. The number of hydrogen-bond acceptors (Lipinski definition) is 5. The van der Waals surface area contributed by atoms with Gasteiger partial charge in [0.1, 0.15) is 10.9 Å². The van der Waals surface area contributed by atoms with Crippen LogP contribution in [-0.2, 0) is 0 Å². The van der Waals surface area contributed by atoms with E-state index in [0.29, 0.717) is 12.1 Å². The third-order valence-corrected chi connectivity index (χ3v) is 3.65. The molecule has 3 rings (SSSR count).